The summed E-state index contributed by atoms with van der Waals surface area (Å²) in [5.74, 6) is 2.53. The lowest BCUT2D eigenvalue weighted by atomic mass is 9.97. The number of benzene rings is 22. The summed E-state index contributed by atoms with van der Waals surface area (Å²) in [4.78, 5) is 21.7. The Hall–Kier alpha value is -18.2. The number of rotatable bonds is 10. The molecule has 0 amide bonds. The molecule has 22 aromatic carbocycles. The summed E-state index contributed by atoms with van der Waals surface area (Å²) in [5, 5.41) is 27.5. The molecule has 670 valence electrons. The third-order valence-corrected chi connectivity index (χ3v) is 32.7. The first-order valence-corrected chi connectivity index (χ1v) is 51.3. The van der Waals surface area contributed by atoms with Gasteiger partial charge in [0.15, 0.2) is 0 Å². The average Bonchev–Trinajstić information content (AvgIpc) is 1.42. The summed E-state index contributed by atoms with van der Waals surface area (Å²) >= 11 is 5.63. The van der Waals surface area contributed by atoms with Gasteiger partial charge in [-0.3, -0.25) is 13.7 Å². The molecule has 0 saturated heterocycles. The monoisotopic (exact) mass is 1880 g/mol. The molecule has 31 aromatic rings. The summed E-state index contributed by atoms with van der Waals surface area (Å²) in [6.07, 6.45) is 0. The van der Waals surface area contributed by atoms with Crippen LogP contribution >= 0.6 is 34.0 Å². The van der Waals surface area contributed by atoms with Crippen molar-refractivity contribution >= 4 is 225 Å². The van der Waals surface area contributed by atoms with Crippen molar-refractivity contribution in [1.29, 1.82) is 0 Å². The second-order valence-electron chi connectivity index (χ2n) is 37.2. The number of aromatic nitrogens is 7. The van der Waals surface area contributed by atoms with Crippen LogP contribution in [0.5, 0.6) is 0 Å². The maximum absolute atomic E-state index is 5.52. The van der Waals surface area contributed by atoms with Crippen LogP contribution in [-0.4, -0.2) is 33.6 Å². The quantitative estimate of drug-likeness (QED) is 0.137. The van der Waals surface area contributed by atoms with E-state index in [-0.39, 0.29) is 0 Å². The summed E-state index contributed by atoms with van der Waals surface area (Å²) in [7, 11) is 0. The Morgan fingerprint density at radius 3 is 0.917 bits per heavy atom. The van der Waals surface area contributed by atoms with Crippen molar-refractivity contribution in [2.45, 2.75) is 0 Å². The van der Waals surface area contributed by atoms with Crippen LogP contribution in [0.4, 0.5) is 0 Å². The summed E-state index contributed by atoms with van der Waals surface area (Å²) in [6.45, 7) is 0. The van der Waals surface area contributed by atoms with Gasteiger partial charge in [0.1, 0.15) is 11.6 Å². The Balaban J connectivity index is 0.000000103. The Labute approximate surface area is 838 Å². The molecule has 9 aromatic heterocycles. The minimum absolute atomic E-state index is 0.669. The molecule has 0 spiro atoms. The summed E-state index contributed by atoms with van der Waals surface area (Å²) < 4.78 is 14.9. The SMILES string of the molecule is c1ccc(-c2ccc(-c3cc(-n4c5ccccc5c5c6ccccc6c6c7ccccc7sc6c54)nc4ccccc34)cc2)cc1.c1ccc(-c2ccc(-c3nc(-n4c5ccc(-c6ccccc6)cc5c5c6ccccc6c6c7ccccc7sc6c54)nc4ccccc34)cc2)cc1.c1ccc(-c2ccc(-c3nc(-n4c5ccccc5c5c6ccccc6c6c7ccccc7sc6c54)cc4ccccc34)cc2)cc1. The van der Waals surface area contributed by atoms with Crippen LogP contribution in [0.2, 0.25) is 0 Å². The van der Waals surface area contributed by atoms with Gasteiger partial charge in [-0.15, -0.1) is 34.0 Å². The van der Waals surface area contributed by atoms with Crippen LogP contribution in [0.3, 0.4) is 0 Å². The third kappa shape index (κ3) is 13.4. The highest BCUT2D eigenvalue weighted by molar-refractivity contribution is 7.28. The molecule has 9 heterocycles. The van der Waals surface area contributed by atoms with E-state index in [1.807, 2.05) is 34.0 Å². The van der Waals surface area contributed by atoms with E-state index >= 15 is 0 Å². The van der Waals surface area contributed by atoms with Gasteiger partial charge in [-0.05, 0) is 160 Å². The topological polar surface area (TPSA) is 66.3 Å². The zero-order chi connectivity index (χ0) is 94.6. The van der Waals surface area contributed by atoms with Crippen molar-refractivity contribution in [3.63, 3.8) is 0 Å². The van der Waals surface area contributed by atoms with Crippen LogP contribution in [0.15, 0.2) is 491 Å². The highest BCUT2D eigenvalue weighted by Crippen LogP contribution is 2.54. The predicted octanol–water partition coefficient (Wildman–Crippen LogP) is 37.6. The minimum atomic E-state index is 0.669. The maximum atomic E-state index is 5.52. The van der Waals surface area contributed by atoms with Crippen LogP contribution < -0.4 is 0 Å². The Morgan fingerprint density at radius 1 is 0.167 bits per heavy atom. The predicted molar refractivity (Wildman–Crippen MR) is 615 cm³/mol. The van der Waals surface area contributed by atoms with Gasteiger partial charge in [-0.1, -0.05) is 425 Å². The molecule has 0 fully saturated rings. The van der Waals surface area contributed by atoms with Crippen LogP contribution in [0.1, 0.15) is 0 Å². The van der Waals surface area contributed by atoms with E-state index < -0.39 is 0 Å². The molecule has 0 atom stereocenters. The van der Waals surface area contributed by atoms with E-state index in [2.05, 4.69) is 505 Å². The van der Waals surface area contributed by atoms with Crippen molar-refractivity contribution < 1.29 is 0 Å². The zero-order valence-corrected chi connectivity index (χ0v) is 80.1. The van der Waals surface area contributed by atoms with Gasteiger partial charge < -0.3 is 0 Å². The fourth-order valence-electron chi connectivity index (χ4n) is 22.7. The third-order valence-electron chi connectivity index (χ3n) is 29.2. The molecule has 0 aliphatic heterocycles. The van der Waals surface area contributed by atoms with Gasteiger partial charge in [-0.2, -0.15) is 0 Å². The lowest BCUT2D eigenvalue weighted by Gasteiger charge is -2.14. The van der Waals surface area contributed by atoms with E-state index in [0.29, 0.717) is 5.95 Å². The van der Waals surface area contributed by atoms with Gasteiger partial charge in [0.2, 0.25) is 5.95 Å². The van der Waals surface area contributed by atoms with Gasteiger partial charge in [0.25, 0.3) is 0 Å². The molecule has 7 nitrogen and oxygen atoms in total. The fourth-order valence-corrected chi connectivity index (χ4v) is 26.5. The van der Waals surface area contributed by atoms with Gasteiger partial charge in [-0.25, -0.2) is 19.9 Å². The van der Waals surface area contributed by atoms with Gasteiger partial charge in [0, 0.05) is 106 Å². The number of pyridine rings is 2. The fraction of sp³-hybridized carbons (Fsp3) is 0. The first kappa shape index (κ1) is 82.9. The van der Waals surface area contributed by atoms with E-state index in [1.165, 1.54) is 208 Å². The largest absolute Gasteiger partial charge is 0.292 e. The Bertz CT molecular complexity index is 10300. The molecule has 0 radical (unpaired) electrons. The molecule has 0 bridgehead atoms. The smallest absolute Gasteiger partial charge is 0.235 e. The first-order valence-electron chi connectivity index (χ1n) is 48.9. The van der Waals surface area contributed by atoms with Gasteiger partial charge >= 0.3 is 0 Å². The number of hydrogen-bond donors (Lipinski definition) is 0. The molecular weight excluding hydrogens is 1800 g/mol. The second-order valence-corrected chi connectivity index (χ2v) is 40.3. The highest BCUT2D eigenvalue weighted by atomic mass is 32.1. The van der Waals surface area contributed by atoms with E-state index in [9.17, 15) is 0 Å². The molecule has 0 saturated carbocycles. The zero-order valence-electron chi connectivity index (χ0n) is 77.6. The maximum Gasteiger partial charge on any atom is 0.235 e. The van der Waals surface area contributed by atoms with Crippen LogP contribution in [-0.2, 0) is 0 Å². The molecule has 31 rings (SSSR count). The average molecular weight is 1890 g/mol. The van der Waals surface area contributed by atoms with Crippen molar-refractivity contribution in [3.8, 4) is 95.7 Å². The standard InChI is InChI=1S/C48H29N3S.2C43H26N2S/c1-3-13-30(14-4-1)32-23-25-33(26-24-32)45-37-19-9-11-21-40(37)49-48(50-45)51-41-28-27-34(31-15-5-2-6-16-31)29-39(41)43-35-17-7-8-18-36(35)44-38-20-10-12-22-42(38)52-47(44)46(43)51;1-2-12-27(13-3-1)28-22-24-29(25-23-28)35-26-39(44-36-19-9-6-14-30(35)36)45-37-20-10-7-17-33(37)40-31-15-4-5-16-32(31)41-34-18-8-11-21-38(34)46-43(41)42(40)45;1-2-12-27(13-3-1)28-22-24-29(25-23-28)41-31-15-5-4-14-30(31)26-38(44-41)45-36-20-10-8-18-34(36)39-32-16-6-7-17-33(32)40-35-19-9-11-21-37(35)46-43(40)42(39)45/h1-29H;2*1-26H. The molecular formula is C134H81N7S3. The van der Waals surface area contributed by atoms with Crippen LogP contribution in [0, 0.1) is 0 Å². The van der Waals surface area contributed by atoms with E-state index in [1.54, 1.807) is 0 Å². The number of hydrogen-bond acceptors (Lipinski definition) is 7. The van der Waals surface area contributed by atoms with Crippen molar-refractivity contribution in [2.24, 2.45) is 0 Å². The number of fused-ring (bicyclic) bond motifs is 33. The summed E-state index contributed by atoms with van der Waals surface area (Å²) in [6, 6.07) is 177. The lowest BCUT2D eigenvalue weighted by molar-refractivity contribution is 1.02. The molecule has 144 heavy (non-hydrogen) atoms. The first-order chi connectivity index (χ1) is 71.5. The van der Waals surface area contributed by atoms with E-state index in [4.69, 9.17) is 19.9 Å². The Kier molecular flexibility index (Phi) is 19.5. The van der Waals surface area contributed by atoms with E-state index in [0.717, 1.165) is 72.4 Å². The van der Waals surface area contributed by atoms with Gasteiger partial charge in [0.05, 0.1) is 69.6 Å². The van der Waals surface area contributed by atoms with Crippen LogP contribution in [0.25, 0.3) is 287 Å². The molecule has 0 unspecified atom stereocenters. The molecule has 0 aliphatic rings. The molecule has 0 N–H and O–H groups in total. The van der Waals surface area contributed by atoms with Crippen molar-refractivity contribution in [2.75, 3.05) is 0 Å². The molecule has 10 heteroatoms. The normalized spacial score (nSPS) is 11.9. The van der Waals surface area contributed by atoms with Crippen molar-refractivity contribution in [3.05, 3.63) is 491 Å². The number of nitrogens with zero attached hydrogens (tertiary/aromatic N) is 7. The molecule has 0 aliphatic carbocycles. The lowest BCUT2D eigenvalue weighted by Crippen LogP contribution is -2.03. The Morgan fingerprint density at radius 2 is 0.465 bits per heavy atom. The summed E-state index contributed by atoms with van der Waals surface area (Å²) in [5.41, 5.74) is 25.0. The second kappa shape index (κ2) is 33.8. The van der Waals surface area contributed by atoms with Crippen molar-refractivity contribution in [1.82, 2.24) is 33.6 Å². The number of para-hydroxylation sites is 4. The highest BCUT2D eigenvalue weighted by Gasteiger charge is 2.30. The minimum Gasteiger partial charge on any atom is -0.292 e. The number of thiophene rings is 3.